The van der Waals surface area contributed by atoms with Crippen LogP contribution >= 0.6 is 0 Å². The topological polar surface area (TPSA) is 60.2 Å². The second-order valence-corrected chi connectivity index (χ2v) is 3.94. The predicted molar refractivity (Wildman–Crippen MR) is 68.4 cm³/mol. The van der Waals surface area contributed by atoms with Crippen LogP contribution in [-0.2, 0) is 0 Å². The van der Waals surface area contributed by atoms with Crippen molar-refractivity contribution in [3.05, 3.63) is 30.2 Å². The molecule has 0 saturated carbocycles. The number of aromatic nitrogens is 2. The molecule has 1 heterocycles. The molecule has 0 amide bonds. The van der Waals surface area contributed by atoms with Gasteiger partial charge in [-0.25, -0.2) is 0 Å². The van der Waals surface area contributed by atoms with Crippen LogP contribution in [0.4, 0.5) is 0 Å². The first-order valence-electron chi connectivity index (χ1n) is 5.93. The average molecular weight is 247 g/mol. The Morgan fingerprint density at radius 3 is 2.94 bits per heavy atom. The number of benzene rings is 1. The minimum atomic E-state index is 0.0943. The van der Waals surface area contributed by atoms with Crippen molar-refractivity contribution in [3.8, 4) is 17.1 Å². The van der Waals surface area contributed by atoms with Gasteiger partial charge in [0.15, 0.2) is 0 Å². The summed E-state index contributed by atoms with van der Waals surface area (Å²) >= 11 is 0. The Balaban J connectivity index is 2.28. The van der Waals surface area contributed by atoms with E-state index >= 15 is 0 Å². The van der Waals surface area contributed by atoms with Crippen LogP contribution in [0.15, 0.2) is 28.8 Å². The molecule has 1 unspecified atom stereocenters. The van der Waals surface area contributed by atoms with Gasteiger partial charge in [0.25, 0.3) is 0 Å². The molecule has 5 heteroatoms. The van der Waals surface area contributed by atoms with Gasteiger partial charge in [0, 0.05) is 5.56 Å². The highest BCUT2D eigenvalue weighted by atomic mass is 16.5. The third kappa shape index (κ3) is 2.51. The van der Waals surface area contributed by atoms with E-state index in [1.165, 1.54) is 0 Å². The lowest BCUT2D eigenvalue weighted by Crippen LogP contribution is -2.15. The van der Waals surface area contributed by atoms with Gasteiger partial charge in [0.2, 0.25) is 11.7 Å². The maximum atomic E-state index is 5.27. The van der Waals surface area contributed by atoms with Crippen molar-refractivity contribution in [2.45, 2.75) is 19.4 Å². The number of ether oxygens (including phenoxy) is 1. The monoisotopic (exact) mass is 247 g/mol. The van der Waals surface area contributed by atoms with Crippen molar-refractivity contribution < 1.29 is 9.26 Å². The molecule has 0 aliphatic carbocycles. The molecule has 0 spiro atoms. The molecule has 0 radical (unpaired) electrons. The number of nitrogens with one attached hydrogen (secondary N) is 1. The van der Waals surface area contributed by atoms with Crippen molar-refractivity contribution in [2.75, 3.05) is 14.2 Å². The van der Waals surface area contributed by atoms with Crippen LogP contribution in [0.5, 0.6) is 5.75 Å². The Bertz CT molecular complexity index is 506. The predicted octanol–water partition coefficient (Wildman–Crippen LogP) is 2.42. The summed E-state index contributed by atoms with van der Waals surface area (Å²) in [6, 6.07) is 7.69. The van der Waals surface area contributed by atoms with Gasteiger partial charge in [-0.05, 0) is 25.6 Å². The second-order valence-electron chi connectivity index (χ2n) is 3.94. The SMILES string of the molecule is CCC(NC)c1nc(-c2cccc(OC)c2)no1. The first-order chi connectivity index (χ1) is 8.78. The number of nitrogens with zero attached hydrogens (tertiary/aromatic N) is 2. The zero-order valence-electron chi connectivity index (χ0n) is 10.8. The van der Waals surface area contributed by atoms with Crippen molar-refractivity contribution in [2.24, 2.45) is 0 Å². The lowest BCUT2D eigenvalue weighted by Gasteiger charge is -2.06. The minimum Gasteiger partial charge on any atom is -0.497 e. The summed E-state index contributed by atoms with van der Waals surface area (Å²) in [5.74, 6) is 1.97. The summed E-state index contributed by atoms with van der Waals surface area (Å²) in [7, 11) is 3.51. The van der Waals surface area contributed by atoms with E-state index in [0.29, 0.717) is 11.7 Å². The van der Waals surface area contributed by atoms with Gasteiger partial charge in [-0.3, -0.25) is 0 Å². The van der Waals surface area contributed by atoms with Gasteiger partial charge in [-0.1, -0.05) is 24.2 Å². The lowest BCUT2D eigenvalue weighted by molar-refractivity contribution is 0.334. The molecule has 1 atom stereocenters. The van der Waals surface area contributed by atoms with Crippen LogP contribution in [0.25, 0.3) is 11.4 Å². The largest absolute Gasteiger partial charge is 0.497 e. The van der Waals surface area contributed by atoms with Crippen LogP contribution < -0.4 is 10.1 Å². The maximum absolute atomic E-state index is 5.27. The molecular formula is C13H17N3O2. The third-order valence-electron chi connectivity index (χ3n) is 2.82. The van der Waals surface area contributed by atoms with Crippen molar-refractivity contribution in [1.82, 2.24) is 15.5 Å². The zero-order chi connectivity index (χ0) is 13.0. The Labute approximate surface area is 106 Å². The maximum Gasteiger partial charge on any atom is 0.244 e. The molecule has 2 rings (SSSR count). The Morgan fingerprint density at radius 1 is 1.44 bits per heavy atom. The van der Waals surface area contributed by atoms with Gasteiger partial charge in [-0.15, -0.1) is 0 Å². The van der Waals surface area contributed by atoms with Crippen LogP contribution in [-0.4, -0.2) is 24.3 Å². The van der Waals surface area contributed by atoms with Crippen molar-refractivity contribution in [3.63, 3.8) is 0 Å². The summed E-state index contributed by atoms with van der Waals surface area (Å²) in [6.07, 6.45) is 0.899. The van der Waals surface area contributed by atoms with E-state index < -0.39 is 0 Å². The van der Waals surface area contributed by atoms with E-state index in [4.69, 9.17) is 9.26 Å². The third-order valence-corrected chi connectivity index (χ3v) is 2.82. The highest BCUT2D eigenvalue weighted by Crippen LogP contribution is 2.23. The Kier molecular flexibility index (Phi) is 3.94. The van der Waals surface area contributed by atoms with Gasteiger partial charge in [-0.2, -0.15) is 4.98 Å². The molecule has 1 N–H and O–H groups in total. The molecule has 5 nitrogen and oxygen atoms in total. The summed E-state index contributed by atoms with van der Waals surface area (Å²) in [6.45, 7) is 2.07. The normalized spacial score (nSPS) is 12.4. The van der Waals surface area contributed by atoms with Gasteiger partial charge >= 0.3 is 0 Å². The summed E-state index contributed by atoms with van der Waals surface area (Å²) < 4.78 is 10.4. The number of hydrogen-bond donors (Lipinski definition) is 1. The second kappa shape index (κ2) is 5.64. The van der Waals surface area contributed by atoms with E-state index in [0.717, 1.165) is 17.7 Å². The summed E-state index contributed by atoms with van der Waals surface area (Å²) in [5, 5.41) is 7.13. The molecule has 1 aromatic carbocycles. The fraction of sp³-hybridized carbons (Fsp3) is 0.385. The Morgan fingerprint density at radius 2 is 2.28 bits per heavy atom. The van der Waals surface area contributed by atoms with Crippen LogP contribution in [0.3, 0.4) is 0 Å². The van der Waals surface area contributed by atoms with Gasteiger partial charge < -0.3 is 14.6 Å². The highest BCUT2D eigenvalue weighted by molar-refractivity contribution is 5.56. The van der Waals surface area contributed by atoms with E-state index in [9.17, 15) is 0 Å². The minimum absolute atomic E-state index is 0.0943. The smallest absolute Gasteiger partial charge is 0.244 e. The van der Waals surface area contributed by atoms with Crippen LogP contribution in [0.1, 0.15) is 25.3 Å². The van der Waals surface area contributed by atoms with E-state index in [-0.39, 0.29) is 6.04 Å². The first kappa shape index (κ1) is 12.6. The summed E-state index contributed by atoms with van der Waals surface area (Å²) in [4.78, 5) is 4.40. The van der Waals surface area contributed by atoms with E-state index in [2.05, 4.69) is 22.4 Å². The number of rotatable bonds is 5. The average Bonchev–Trinajstić information content (AvgIpc) is 2.90. The molecule has 18 heavy (non-hydrogen) atoms. The quantitative estimate of drug-likeness (QED) is 0.879. The lowest BCUT2D eigenvalue weighted by atomic mass is 10.2. The zero-order valence-corrected chi connectivity index (χ0v) is 10.8. The molecule has 1 aromatic heterocycles. The standard InChI is InChI=1S/C13H17N3O2/c1-4-11(14-2)13-15-12(16-18-13)9-6-5-7-10(8-9)17-3/h5-8,11,14H,4H2,1-3H3. The van der Waals surface area contributed by atoms with Crippen molar-refractivity contribution >= 4 is 0 Å². The Hall–Kier alpha value is -1.88. The molecule has 0 fully saturated rings. The van der Waals surface area contributed by atoms with E-state index in [1.54, 1.807) is 7.11 Å². The van der Waals surface area contributed by atoms with Crippen molar-refractivity contribution in [1.29, 1.82) is 0 Å². The molecule has 2 aromatic rings. The fourth-order valence-corrected chi connectivity index (χ4v) is 1.76. The molecule has 0 aliphatic heterocycles. The molecular weight excluding hydrogens is 230 g/mol. The van der Waals surface area contributed by atoms with Gasteiger partial charge in [0.05, 0.1) is 13.2 Å². The number of hydrogen-bond acceptors (Lipinski definition) is 5. The molecule has 96 valence electrons. The van der Waals surface area contributed by atoms with E-state index in [1.807, 2.05) is 31.3 Å². The summed E-state index contributed by atoms with van der Waals surface area (Å²) in [5.41, 5.74) is 0.885. The van der Waals surface area contributed by atoms with Gasteiger partial charge in [0.1, 0.15) is 5.75 Å². The molecule has 0 saturated heterocycles. The molecule has 0 bridgehead atoms. The fourth-order valence-electron chi connectivity index (χ4n) is 1.76. The number of methoxy groups -OCH3 is 1. The first-order valence-corrected chi connectivity index (χ1v) is 5.93. The van der Waals surface area contributed by atoms with Crippen LogP contribution in [0, 0.1) is 0 Å². The van der Waals surface area contributed by atoms with Crippen LogP contribution in [0.2, 0.25) is 0 Å². The highest BCUT2D eigenvalue weighted by Gasteiger charge is 2.16. The molecule has 0 aliphatic rings.